The highest BCUT2D eigenvalue weighted by Crippen LogP contribution is 2.25. The molecule has 2 aromatic rings. The lowest BCUT2D eigenvalue weighted by molar-refractivity contribution is -0.129. The number of likely N-dealkylation sites (N-methyl/N-ethyl adjacent to an activating group) is 1. The van der Waals surface area contributed by atoms with Crippen LogP contribution in [0.2, 0.25) is 0 Å². The fourth-order valence-corrected chi connectivity index (χ4v) is 3.07. The summed E-state index contributed by atoms with van der Waals surface area (Å²) < 4.78 is 2.13. The van der Waals surface area contributed by atoms with E-state index < -0.39 is 17.8 Å². The van der Waals surface area contributed by atoms with Gasteiger partial charge in [0.05, 0.1) is 0 Å². The summed E-state index contributed by atoms with van der Waals surface area (Å²) in [4.78, 5) is 37.4. The number of amides is 4. The summed E-state index contributed by atoms with van der Waals surface area (Å²) in [6.07, 6.45) is 3.52. The van der Waals surface area contributed by atoms with E-state index in [1.807, 2.05) is 30.5 Å². The number of aromatic nitrogens is 1. The molecule has 1 aliphatic rings. The van der Waals surface area contributed by atoms with Gasteiger partial charge in [-0.05, 0) is 25.0 Å². The molecule has 130 valence electrons. The summed E-state index contributed by atoms with van der Waals surface area (Å²) in [6, 6.07) is 7.20. The SMILES string of the molecule is CCN1C(=O)NC(=O)/C(=C/c2cn(CC(C)C)c3ccccc23)C1=O. The Hall–Kier alpha value is -2.89. The molecule has 0 unspecified atom stereocenters. The summed E-state index contributed by atoms with van der Waals surface area (Å²) in [5, 5.41) is 3.19. The molecule has 0 spiro atoms. The molecule has 1 aromatic carbocycles. The monoisotopic (exact) mass is 339 g/mol. The number of benzene rings is 1. The molecule has 4 amide bonds. The lowest BCUT2D eigenvalue weighted by atomic mass is 10.1. The van der Waals surface area contributed by atoms with Crippen LogP contribution in [0.3, 0.4) is 0 Å². The number of imide groups is 2. The molecule has 0 atom stereocenters. The number of hydrogen-bond acceptors (Lipinski definition) is 3. The van der Waals surface area contributed by atoms with Gasteiger partial charge in [0.2, 0.25) is 0 Å². The Kier molecular flexibility index (Phi) is 4.44. The molecule has 1 aliphatic heterocycles. The van der Waals surface area contributed by atoms with Crippen molar-refractivity contribution in [1.82, 2.24) is 14.8 Å². The number of hydrogen-bond donors (Lipinski definition) is 1. The number of nitrogens with zero attached hydrogens (tertiary/aromatic N) is 2. The summed E-state index contributed by atoms with van der Waals surface area (Å²) >= 11 is 0. The van der Waals surface area contributed by atoms with Gasteiger partial charge in [-0.15, -0.1) is 0 Å². The van der Waals surface area contributed by atoms with Gasteiger partial charge in [0, 0.05) is 35.8 Å². The van der Waals surface area contributed by atoms with Gasteiger partial charge in [0.25, 0.3) is 11.8 Å². The van der Waals surface area contributed by atoms with Gasteiger partial charge >= 0.3 is 6.03 Å². The minimum absolute atomic E-state index is 0.0195. The quantitative estimate of drug-likeness (QED) is 0.688. The van der Waals surface area contributed by atoms with Crippen LogP contribution in [-0.4, -0.2) is 33.9 Å². The van der Waals surface area contributed by atoms with Crippen LogP contribution < -0.4 is 5.32 Å². The van der Waals surface area contributed by atoms with Crippen LogP contribution in [0.25, 0.3) is 17.0 Å². The lowest BCUT2D eigenvalue weighted by Gasteiger charge is -2.24. The first-order chi connectivity index (χ1) is 11.9. The number of urea groups is 1. The number of carbonyl (C=O) groups is 3. The Morgan fingerprint density at radius 3 is 2.56 bits per heavy atom. The van der Waals surface area contributed by atoms with Gasteiger partial charge in [-0.2, -0.15) is 0 Å². The van der Waals surface area contributed by atoms with Crippen LogP contribution in [0.1, 0.15) is 26.3 Å². The minimum Gasteiger partial charge on any atom is -0.347 e. The Morgan fingerprint density at radius 1 is 1.16 bits per heavy atom. The van der Waals surface area contributed by atoms with Crippen LogP contribution in [0.15, 0.2) is 36.0 Å². The molecule has 1 aromatic heterocycles. The van der Waals surface area contributed by atoms with Crippen molar-refractivity contribution < 1.29 is 14.4 Å². The van der Waals surface area contributed by atoms with Crippen LogP contribution in [0.5, 0.6) is 0 Å². The Morgan fingerprint density at radius 2 is 1.88 bits per heavy atom. The molecule has 1 N–H and O–H groups in total. The highest BCUT2D eigenvalue weighted by Gasteiger charge is 2.34. The van der Waals surface area contributed by atoms with Crippen LogP contribution in [0, 0.1) is 5.92 Å². The molecule has 2 heterocycles. The average molecular weight is 339 g/mol. The van der Waals surface area contributed by atoms with E-state index in [1.165, 1.54) is 0 Å². The van der Waals surface area contributed by atoms with Crippen molar-refractivity contribution in [3.63, 3.8) is 0 Å². The third-order valence-electron chi connectivity index (χ3n) is 4.18. The third kappa shape index (κ3) is 3.07. The molecule has 0 aliphatic carbocycles. The summed E-state index contributed by atoms with van der Waals surface area (Å²) in [5.74, 6) is -0.749. The summed E-state index contributed by atoms with van der Waals surface area (Å²) in [6.45, 7) is 7.01. The minimum atomic E-state index is -0.670. The molecular weight excluding hydrogens is 318 g/mol. The van der Waals surface area contributed by atoms with E-state index in [0.29, 0.717) is 5.92 Å². The van der Waals surface area contributed by atoms with Crippen molar-refractivity contribution in [2.45, 2.75) is 27.3 Å². The predicted octanol–water partition coefficient (Wildman–Crippen LogP) is 2.78. The van der Waals surface area contributed by atoms with Gasteiger partial charge in [-0.1, -0.05) is 32.0 Å². The van der Waals surface area contributed by atoms with Gasteiger partial charge in [-0.25, -0.2) is 4.79 Å². The number of fused-ring (bicyclic) bond motifs is 1. The van der Waals surface area contributed by atoms with E-state index in [4.69, 9.17) is 0 Å². The molecule has 6 heteroatoms. The van der Waals surface area contributed by atoms with Crippen LogP contribution in [0.4, 0.5) is 4.79 Å². The number of rotatable bonds is 4. The first-order valence-electron chi connectivity index (χ1n) is 8.39. The molecule has 0 bridgehead atoms. The first kappa shape index (κ1) is 17.0. The normalized spacial score (nSPS) is 17.0. The lowest BCUT2D eigenvalue weighted by Crippen LogP contribution is -2.53. The summed E-state index contributed by atoms with van der Waals surface area (Å²) in [5.41, 5.74) is 1.82. The maximum Gasteiger partial charge on any atom is 0.331 e. The Labute approximate surface area is 146 Å². The van der Waals surface area contributed by atoms with Crippen molar-refractivity contribution in [2.24, 2.45) is 5.92 Å². The standard InChI is InChI=1S/C19H21N3O3/c1-4-22-18(24)15(17(23)20-19(22)25)9-13-11-21(10-12(2)3)16-8-6-5-7-14(13)16/h5-9,11-12H,4,10H2,1-3H3,(H,20,23,25)/b15-9-. The van der Waals surface area contributed by atoms with E-state index in [1.54, 1.807) is 13.0 Å². The zero-order valence-electron chi connectivity index (χ0n) is 14.6. The second kappa shape index (κ2) is 6.55. The van der Waals surface area contributed by atoms with Crippen molar-refractivity contribution in [1.29, 1.82) is 0 Å². The molecule has 3 rings (SSSR count). The highest BCUT2D eigenvalue weighted by atomic mass is 16.2. The molecule has 1 fully saturated rings. The van der Waals surface area contributed by atoms with Crippen molar-refractivity contribution >= 4 is 34.8 Å². The Bertz CT molecular complexity index is 892. The van der Waals surface area contributed by atoms with Gasteiger partial charge in [0.15, 0.2) is 0 Å². The fraction of sp³-hybridized carbons (Fsp3) is 0.316. The van der Waals surface area contributed by atoms with E-state index >= 15 is 0 Å². The van der Waals surface area contributed by atoms with E-state index in [2.05, 4.69) is 23.7 Å². The zero-order chi connectivity index (χ0) is 18.1. The first-order valence-corrected chi connectivity index (χ1v) is 8.39. The smallest absolute Gasteiger partial charge is 0.331 e. The van der Waals surface area contributed by atoms with Crippen LogP contribution >= 0.6 is 0 Å². The third-order valence-corrected chi connectivity index (χ3v) is 4.18. The average Bonchev–Trinajstić information content (AvgIpc) is 2.89. The number of para-hydroxylation sites is 1. The van der Waals surface area contributed by atoms with Gasteiger partial charge < -0.3 is 4.57 Å². The molecular formula is C19H21N3O3. The van der Waals surface area contributed by atoms with Gasteiger partial charge in [-0.3, -0.25) is 19.8 Å². The Balaban J connectivity index is 2.10. The zero-order valence-corrected chi connectivity index (χ0v) is 14.6. The highest BCUT2D eigenvalue weighted by molar-refractivity contribution is 6.31. The fourth-order valence-electron chi connectivity index (χ4n) is 3.07. The number of nitrogens with one attached hydrogen (secondary N) is 1. The second-order valence-electron chi connectivity index (χ2n) is 6.51. The van der Waals surface area contributed by atoms with E-state index in [9.17, 15) is 14.4 Å². The molecule has 1 saturated heterocycles. The van der Waals surface area contributed by atoms with Crippen molar-refractivity contribution in [3.8, 4) is 0 Å². The molecule has 0 radical (unpaired) electrons. The largest absolute Gasteiger partial charge is 0.347 e. The number of barbiturate groups is 1. The summed E-state index contributed by atoms with van der Waals surface area (Å²) in [7, 11) is 0. The van der Waals surface area contributed by atoms with Crippen molar-refractivity contribution in [3.05, 3.63) is 41.6 Å². The predicted molar refractivity (Wildman–Crippen MR) is 95.7 cm³/mol. The molecule has 0 saturated carbocycles. The van der Waals surface area contributed by atoms with E-state index in [-0.39, 0.29) is 12.1 Å². The maximum absolute atomic E-state index is 12.5. The van der Waals surface area contributed by atoms with Crippen molar-refractivity contribution in [2.75, 3.05) is 6.54 Å². The topological polar surface area (TPSA) is 71.4 Å². The van der Waals surface area contributed by atoms with Crippen LogP contribution in [-0.2, 0) is 16.1 Å². The van der Waals surface area contributed by atoms with Gasteiger partial charge in [0.1, 0.15) is 5.57 Å². The molecule has 25 heavy (non-hydrogen) atoms. The van der Waals surface area contributed by atoms with E-state index in [0.717, 1.165) is 27.9 Å². The molecule has 6 nitrogen and oxygen atoms in total. The maximum atomic E-state index is 12.5. The second-order valence-corrected chi connectivity index (χ2v) is 6.51. The number of carbonyl (C=O) groups excluding carboxylic acids is 3.